The number of H-pyrrole nitrogens is 1. The Hall–Kier alpha value is -3.88. The fraction of sp³-hybridized carbons (Fsp3) is 0.333. The maximum absolute atomic E-state index is 13.2. The Kier molecular flexibility index (Phi) is 5.24. The van der Waals surface area contributed by atoms with Crippen molar-refractivity contribution in [2.24, 2.45) is 14.1 Å². The monoisotopic (exact) mass is 445 g/mol. The van der Waals surface area contributed by atoms with E-state index in [-0.39, 0.29) is 5.91 Å². The molecular formula is C24H27N7O2. The van der Waals surface area contributed by atoms with Gasteiger partial charge in [-0.15, -0.1) is 0 Å². The summed E-state index contributed by atoms with van der Waals surface area (Å²) in [6.45, 7) is 3.10. The predicted octanol–water partition coefficient (Wildman–Crippen LogP) is 3.42. The lowest BCUT2D eigenvalue weighted by molar-refractivity contribution is 0.0779. The number of aryl methyl sites for hydroxylation is 3. The van der Waals surface area contributed by atoms with Gasteiger partial charge >= 0.3 is 0 Å². The maximum Gasteiger partial charge on any atom is 0.272 e. The Labute approximate surface area is 191 Å². The molecule has 170 valence electrons. The van der Waals surface area contributed by atoms with Gasteiger partial charge in [-0.3, -0.25) is 14.6 Å². The first-order chi connectivity index (χ1) is 15.9. The van der Waals surface area contributed by atoms with Crippen LogP contribution in [0.25, 0.3) is 34.2 Å². The van der Waals surface area contributed by atoms with Crippen molar-refractivity contribution in [2.75, 3.05) is 20.2 Å². The summed E-state index contributed by atoms with van der Waals surface area (Å²) in [4.78, 5) is 15.0. The fourth-order valence-corrected chi connectivity index (χ4v) is 4.32. The van der Waals surface area contributed by atoms with Crippen LogP contribution in [0.2, 0.25) is 0 Å². The van der Waals surface area contributed by atoms with E-state index in [0.717, 1.165) is 57.7 Å². The summed E-state index contributed by atoms with van der Waals surface area (Å²) >= 11 is 0. The number of fused-ring (bicyclic) bond motifs is 4. The smallest absolute Gasteiger partial charge is 0.272 e. The number of benzene rings is 1. The van der Waals surface area contributed by atoms with E-state index < -0.39 is 0 Å². The number of ether oxygens (including phenoxy) is 1. The van der Waals surface area contributed by atoms with Crippen molar-refractivity contribution in [1.29, 1.82) is 0 Å². The molecule has 1 aliphatic rings. The summed E-state index contributed by atoms with van der Waals surface area (Å²) in [6, 6.07) is 6.12. The number of hydrogen-bond donors (Lipinski definition) is 1. The molecular weight excluding hydrogens is 418 g/mol. The molecule has 0 saturated heterocycles. The van der Waals surface area contributed by atoms with Gasteiger partial charge in [-0.1, -0.05) is 6.07 Å². The fourth-order valence-electron chi connectivity index (χ4n) is 4.32. The van der Waals surface area contributed by atoms with Gasteiger partial charge in [-0.25, -0.2) is 4.68 Å². The minimum absolute atomic E-state index is 0.0475. The topological polar surface area (TPSA) is 93.9 Å². The van der Waals surface area contributed by atoms with E-state index in [4.69, 9.17) is 4.74 Å². The minimum atomic E-state index is -0.0475. The van der Waals surface area contributed by atoms with Crippen LogP contribution in [0.3, 0.4) is 0 Å². The first-order valence-corrected chi connectivity index (χ1v) is 11.0. The van der Waals surface area contributed by atoms with E-state index in [9.17, 15) is 4.79 Å². The van der Waals surface area contributed by atoms with Gasteiger partial charge in [0.1, 0.15) is 5.69 Å². The molecule has 1 aliphatic heterocycles. The third-order valence-corrected chi connectivity index (χ3v) is 6.14. The second-order valence-corrected chi connectivity index (χ2v) is 8.44. The normalized spacial score (nSPS) is 15.9. The zero-order valence-corrected chi connectivity index (χ0v) is 19.3. The van der Waals surface area contributed by atoms with Gasteiger partial charge in [-0.2, -0.15) is 15.3 Å². The standard InChI is InChI=1S/C24H27N7O2/c1-15-17-8-10-21-18-13-16(7-9-20(18)26-27-21)19-14-25-31(4)24(19)33-12-6-5-11-29(2)23(32)22(17)30(3)28-15/h7-10,13-14H,5-6,11-12H2,1-4H3,(H,26,27)/b10-8+. The number of aromatic amines is 1. The molecule has 0 atom stereocenters. The third-order valence-electron chi connectivity index (χ3n) is 6.14. The summed E-state index contributed by atoms with van der Waals surface area (Å²) in [5.74, 6) is 0.687. The number of carbonyl (C=O) groups is 1. The SMILES string of the molecule is Cc1nn(C)c2c1/C=C/c1[nH]nc3ccc(cc13)-c1cnn(C)c1OCCCCN(C)C2=O. The third kappa shape index (κ3) is 3.69. The van der Waals surface area contributed by atoms with Crippen LogP contribution >= 0.6 is 0 Å². The van der Waals surface area contributed by atoms with E-state index in [2.05, 4.69) is 26.5 Å². The molecule has 0 spiro atoms. The highest BCUT2D eigenvalue weighted by atomic mass is 16.5. The molecule has 9 nitrogen and oxygen atoms in total. The highest BCUT2D eigenvalue weighted by Gasteiger charge is 2.22. The van der Waals surface area contributed by atoms with Crippen molar-refractivity contribution in [1.82, 2.24) is 34.7 Å². The summed E-state index contributed by atoms with van der Waals surface area (Å²) in [5, 5.41) is 17.4. The number of carbonyl (C=O) groups excluding carboxylic acids is 1. The van der Waals surface area contributed by atoms with Crippen molar-refractivity contribution in [2.45, 2.75) is 19.8 Å². The molecule has 0 unspecified atom stereocenters. The molecule has 5 rings (SSSR count). The highest BCUT2D eigenvalue weighted by molar-refractivity contribution is 5.99. The van der Waals surface area contributed by atoms with Crippen molar-refractivity contribution in [3.05, 3.63) is 47.0 Å². The van der Waals surface area contributed by atoms with Crippen LogP contribution in [0.1, 0.15) is 40.3 Å². The lowest BCUT2D eigenvalue weighted by Crippen LogP contribution is -2.30. The minimum Gasteiger partial charge on any atom is -0.477 e. The molecule has 1 amide bonds. The highest BCUT2D eigenvalue weighted by Crippen LogP contribution is 2.33. The second kappa shape index (κ2) is 8.23. The van der Waals surface area contributed by atoms with E-state index in [1.165, 1.54) is 0 Å². The number of nitrogens with zero attached hydrogens (tertiary/aromatic N) is 6. The molecule has 1 aromatic carbocycles. The van der Waals surface area contributed by atoms with Crippen LogP contribution < -0.4 is 4.74 Å². The number of aromatic nitrogens is 6. The van der Waals surface area contributed by atoms with Gasteiger partial charge in [0.05, 0.1) is 35.3 Å². The number of amides is 1. The Bertz CT molecular complexity index is 1380. The Morgan fingerprint density at radius 2 is 1.94 bits per heavy atom. The van der Waals surface area contributed by atoms with Gasteiger partial charge in [0, 0.05) is 38.6 Å². The average Bonchev–Trinajstić information content (AvgIpc) is 3.45. The molecule has 0 saturated carbocycles. The quantitative estimate of drug-likeness (QED) is 0.448. The van der Waals surface area contributed by atoms with Gasteiger partial charge in [0.25, 0.3) is 5.91 Å². The summed E-state index contributed by atoms with van der Waals surface area (Å²) in [7, 11) is 5.52. The van der Waals surface area contributed by atoms with Crippen LogP contribution in [0.5, 0.6) is 5.88 Å². The van der Waals surface area contributed by atoms with E-state index in [0.29, 0.717) is 18.8 Å². The number of nitrogens with one attached hydrogen (secondary N) is 1. The van der Waals surface area contributed by atoms with E-state index in [1.54, 1.807) is 14.3 Å². The molecule has 0 radical (unpaired) electrons. The zero-order valence-electron chi connectivity index (χ0n) is 19.3. The number of rotatable bonds is 0. The molecule has 33 heavy (non-hydrogen) atoms. The van der Waals surface area contributed by atoms with Crippen molar-refractivity contribution >= 4 is 29.0 Å². The van der Waals surface area contributed by atoms with Gasteiger partial charge in [0.15, 0.2) is 0 Å². The van der Waals surface area contributed by atoms with Crippen LogP contribution in [0.15, 0.2) is 24.4 Å². The molecule has 3 aromatic heterocycles. The van der Waals surface area contributed by atoms with E-state index in [1.807, 2.05) is 58.5 Å². The Morgan fingerprint density at radius 3 is 2.79 bits per heavy atom. The molecule has 0 aliphatic carbocycles. The maximum atomic E-state index is 13.2. The Balaban J connectivity index is 1.65. The first kappa shape index (κ1) is 21.0. The zero-order chi connectivity index (χ0) is 23.1. The summed E-state index contributed by atoms with van der Waals surface area (Å²) in [6.07, 6.45) is 7.39. The van der Waals surface area contributed by atoms with Gasteiger partial charge in [-0.05, 0) is 49.6 Å². The molecule has 0 fully saturated rings. The average molecular weight is 446 g/mol. The van der Waals surface area contributed by atoms with Gasteiger partial charge < -0.3 is 9.64 Å². The molecule has 4 heterocycles. The van der Waals surface area contributed by atoms with Crippen molar-refractivity contribution < 1.29 is 9.53 Å². The summed E-state index contributed by atoms with van der Waals surface area (Å²) in [5.41, 5.74) is 5.88. The van der Waals surface area contributed by atoms with Crippen LogP contribution in [0, 0.1) is 6.92 Å². The second-order valence-electron chi connectivity index (χ2n) is 8.44. The number of hydrogen-bond acceptors (Lipinski definition) is 5. The molecule has 1 N–H and O–H groups in total. The van der Waals surface area contributed by atoms with Crippen molar-refractivity contribution in [3.8, 4) is 17.0 Å². The molecule has 4 aromatic rings. The van der Waals surface area contributed by atoms with E-state index >= 15 is 0 Å². The van der Waals surface area contributed by atoms with Crippen LogP contribution in [-0.2, 0) is 14.1 Å². The lowest BCUT2D eigenvalue weighted by atomic mass is 10.0. The lowest BCUT2D eigenvalue weighted by Gasteiger charge is -2.18. The molecule has 9 heteroatoms. The van der Waals surface area contributed by atoms with Gasteiger partial charge in [0.2, 0.25) is 5.88 Å². The molecule has 2 bridgehead atoms. The predicted molar refractivity (Wildman–Crippen MR) is 127 cm³/mol. The first-order valence-electron chi connectivity index (χ1n) is 11.0. The van der Waals surface area contributed by atoms with Crippen molar-refractivity contribution in [3.63, 3.8) is 0 Å². The largest absolute Gasteiger partial charge is 0.477 e. The summed E-state index contributed by atoms with van der Waals surface area (Å²) < 4.78 is 9.54. The Morgan fingerprint density at radius 1 is 1.09 bits per heavy atom. The van der Waals surface area contributed by atoms with Crippen LogP contribution in [-0.4, -0.2) is 60.8 Å². The van der Waals surface area contributed by atoms with Crippen LogP contribution in [0.4, 0.5) is 0 Å².